The van der Waals surface area contributed by atoms with Crippen molar-refractivity contribution in [2.24, 2.45) is 5.92 Å². The first-order valence-electron chi connectivity index (χ1n) is 8.87. The van der Waals surface area contributed by atoms with Gasteiger partial charge in [0.1, 0.15) is 5.54 Å². The summed E-state index contributed by atoms with van der Waals surface area (Å²) >= 11 is 1.39. The molecule has 26 heavy (non-hydrogen) atoms. The Hall–Kier alpha value is -2.02. The molecule has 0 unspecified atom stereocenters. The van der Waals surface area contributed by atoms with E-state index < -0.39 is 11.6 Å². The molecule has 1 saturated heterocycles. The number of benzene rings is 1. The summed E-state index contributed by atoms with van der Waals surface area (Å²) in [6.45, 7) is 8.02. The average molecular weight is 378 g/mol. The van der Waals surface area contributed by atoms with E-state index in [1.807, 2.05) is 25.1 Å². The number of carbonyl (C=O) groups is 3. The minimum Gasteiger partial charge on any atom is -0.350 e. The van der Waals surface area contributed by atoms with Crippen LogP contribution in [0, 0.1) is 5.92 Å². The van der Waals surface area contributed by atoms with Crippen LogP contribution in [-0.2, 0) is 4.79 Å². The topological polar surface area (TPSA) is 87.3 Å². The minimum absolute atomic E-state index is 0.0976. The first kappa shape index (κ1) is 20.3. The second-order valence-corrected chi connectivity index (χ2v) is 8.39. The summed E-state index contributed by atoms with van der Waals surface area (Å²) in [6.07, 6.45) is 1.99. The number of imide groups is 1. The normalized spacial score (nSPS) is 20.7. The van der Waals surface area contributed by atoms with E-state index in [1.165, 1.54) is 11.8 Å². The molecule has 1 aliphatic heterocycles. The summed E-state index contributed by atoms with van der Waals surface area (Å²) in [5.41, 5.74) is -0.391. The Morgan fingerprint density at radius 3 is 2.50 bits per heavy atom. The van der Waals surface area contributed by atoms with Gasteiger partial charge in [0, 0.05) is 16.7 Å². The second-order valence-electron chi connectivity index (χ2n) is 7.37. The van der Waals surface area contributed by atoms with Crippen LogP contribution in [0.25, 0.3) is 0 Å². The molecule has 7 heteroatoms. The Bertz CT molecular complexity index is 692. The zero-order valence-corrected chi connectivity index (χ0v) is 16.5. The van der Waals surface area contributed by atoms with Gasteiger partial charge in [0.25, 0.3) is 11.8 Å². The Morgan fingerprint density at radius 1 is 1.19 bits per heavy atom. The van der Waals surface area contributed by atoms with Crippen molar-refractivity contribution in [2.45, 2.75) is 57.0 Å². The lowest BCUT2D eigenvalue weighted by atomic mass is 10.0. The molecule has 1 aromatic rings. The van der Waals surface area contributed by atoms with Crippen LogP contribution in [0.15, 0.2) is 29.2 Å². The number of thioether (sulfide) groups is 1. The fourth-order valence-electron chi connectivity index (χ4n) is 2.64. The van der Waals surface area contributed by atoms with Gasteiger partial charge in [-0.3, -0.25) is 14.9 Å². The van der Waals surface area contributed by atoms with E-state index in [2.05, 4.69) is 29.8 Å². The van der Waals surface area contributed by atoms with Crippen LogP contribution >= 0.6 is 11.8 Å². The Morgan fingerprint density at radius 2 is 1.88 bits per heavy atom. The van der Waals surface area contributed by atoms with Crippen molar-refractivity contribution >= 4 is 29.6 Å². The van der Waals surface area contributed by atoms with Crippen LogP contribution in [0.5, 0.6) is 0 Å². The van der Waals surface area contributed by atoms with Crippen molar-refractivity contribution in [3.8, 4) is 0 Å². The average Bonchev–Trinajstić information content (AvgIpc) is 2.83. The van der Waals surface area contributed by atoms with Gasteiger partial charge in [-0.1, -0.05) is 26.0 Å². The highest BCUT2D eigenvalue weighted by Crippen LogP contribution is 2.27. The highest BCUT2D eigenvalue weighted by Gasteiger charge is 2.41. The molecular weight excluding hydrogens is 350 g/mol. The van der Waals surface area contributed by atoms with Crippen LogP contribution in [0.4, 0.5) is 4.79 Å². The lowest BCUT2D eigenvalue weighted by molar-refractivity contribution is -0.122. The number of urea groups is 1. The van der Waals surface area contributed by atoms with Gasteiger partial charge in [-0.05, 0) is 44.7 Å². The van der Waals surface area contributed by atoms with Crippen molar-refractivity contribution in [2.75, 3.05) is 5.75 Å². The zero-order valence-electron chi connectivity index (χ0n) is 15.7. The number of amides is 4. The van der Waals surface area contributed by atoms with Crippen LogP contribution in [0.1, 0.15) is 50.9 Å². The lowest BCUT2D eigenvalue weighted by Gasteiger charge is -2.21. The van der Waals surface area contributed by atoms with E-state index in [0.29, 0.717) is 17.2 Å². The van der Waals surface area contributed by atoms with Gasteiger partial charge >= 0.3 is 6.03 Å². The van der Waals surface area contributed by atoms with Crippen LogP contribution < -0.4 is 16.0 Å². The smallest absolute Gasteiger partial charge is 0.322 e. The van der Waals surface area contributed by atoms with Gasteiger partial charge in [0.15, 0.2) is 0 Å². The van der Waals surface area contributed by atoms with Gasteiger partial charge in [0.2, 0.25) is 0 Å². The van der Waals surface area contributed by atoms with Crippen molar-refractivity contribution in [1.29, 1.82) is 0 Å². The molecule has 6 nitrogen and oxygen atoms in total. The van der Waals surface area contributed by atoms with E-state index in [1.54, 1.807) is 13.0 Å². The third kappa shape index (κ3) is 5.24. The largest absolute Gasteiger partial charge is 0.350 e. The maximum absolute atomic E-state index is 12.6. The molecule has 1 aliphatic rings. The Labute approximate surface area is 158 Å². The Kier molecular flexibility index (Phi) is 6.69. The van der Waals surface area contributed by atoms with E-state index >= 15 is 0 Å². The minimum atomic E-state index is -0.976. The fraction of sp³-hybridized carbons (Fsp3) is 0.526. The summed E-state index contributed by atoms with van der Waals surface area (Å²) in [5.74, 6) is 0.483. The standard InChI is InChI=1S/C19H27N3O3S/c1-12(2)9-10-13(3)20-16(23)14-7-5-6-8-15(14)26-11-19(4)17(24)21-18(25)22-19/h5-8,12-13H,9-11H2,1-4H3,(H,20,23)(H2,21,22,24,25)/t13-,19+/m0/s1. The van der Waals surface area contributed by atoms with Gasteiger partial charge < -0.3 is 10.6 Å². The molecule has 4 amide bonds. The number of nitrogens with one attached hydrogen (secondary N) is 3. The number of hydrogen-bond acceptors (Lipinski definition) is 4. The summed E-state index contributed by atoms with van der Waals surface area (Å²) in [7, 11) is 0. The summed E-state index contributed by atoms with van der Waals surface area (Å²) < 4.78 is 0. The first-order valence-corrected chi connectivity index (χ1v) is 9.86. The van der Waals surface area contributed by atoms with E-state index in [9.17, 15) is 14.4 Å². The predicted molar refractivity (Wildman–Crippen MR) is 103 cm³/mol. The summed E-state index contributed by atoms with van der Waals surface area (Å²) in [5, 5.41) is 7.93. The molecule has 2 rings (SSSR count). The van der Waals surface area contributed by atoms with Crippen molar-refractivity contribution in [3.63, 3.8) is 0 Å². The molecular formula is C19H27N3O3S. The maximum atomic E-state index is 12.6. The molecule has 142 valence electrons. The quantitative estimate of drug-likeness (QED) is 0.480. The highest BCUT2D eigenvalue weighted by molar-refractivity contribution is 7.99. The summed E-state index contributed by atoms with van der Waals surface area (Å²) in [6, 6.07) is 6.93. The molecule has 0 spiro atoms. The highest BCUT2D eigenvalue weighted by atomic mass is 32.2. The van der Waals surface area contributed by atoms with Gasteiger partial charge in [-0.25, -0.2) is 4.79 Å². The first-order chi connectivity index (χ1) is 12.2. The molecule has 0 radical (unpaired) electrons. The molecule has 0 bridgehead atoms. The molecule has 1 heterocycles. The van der Waals surface area contributed by atoms with Crippen molar-refractivity contribution in [3.05, 3.63) is 29.8 Å². The molecule has 0 aromatic heterocycles. The molecule has 0 saturated carbocycles. The summed E-state index contributed by atoms with van der Waals surface area (Å²) in [4.78, 5) is 36.7. The molecule has 1 aromatic carbocycles. The van der Waals surface area contributed by atoms with Crippen LogP contribution in [-0.4, -0.2) is 35.2 Å². The lowest BCUT2D eigenvalue weighted by Crippen LogP contribution is -2.46. The van der Waals surface area contributed by atoms with Gasteiger partial charge in [-0.2, -0.15) is 0 Å². The maximum Gasteiger partial charge on any atom is 0.322 e. The number of hydrogen-bond donors (Lipinski definition) is 3. The van der Waals surface area contributed by atoms with E-state index in [0.717, 1.165) is 17.7 Å². The third-order valence-electron chi connectivity index (χ3n) is 4.32. The predicted octanol–water partition coefficient (Wildman–Crippen LogP) is 2.93. The van der Waals surface area contributed by atoms with E-state index in [-0.39, 0.29) is 17.9 Å². The number of carbonyl (C=O) groups excluding carboxylic acids is 3. The molecule has 1 fully saturated rings. The van der Waals surface area contributed by atoms with Crippen molar-refractivity contribution in [1.82, 2.24) is 16.0 Å². The Balaban J connectivity index is 2.02. The van der Waals surface area contributed by atoms with Crippen LogP contribution in [0.2, 0.25) is 0 Å². The van der Waals surface area contributed by atoms with Gasteiger partial charge in [-0.15, -0.1) is 11.8 Å². The molecule has 3 N–H and O–H groups in total. The second kappa shape index (κ2) is 8.58. The SMILES string of the molecule is CC(C)CC[C@H](C)NC(=O)c1ccccc1SC[C@@]1(C)NC(=O)NC1=O. The van der Waals surface area contributed by atoms with Crippen LogP contribution in [0.3, 0.4) is 0 Å². The monoisotopic (exact) mass is 377 g/mol. The number of rotatable bonds is 8. The third-order valence-corrected chi connectivity index (χ3v) is 5.71. The zero-order chi connectivity index (χ0) is 19.3. The fourth-order valence-corrected chi connectivity index (χ4v) is 3.78. The van der Waals surface area contributed by atoms with Crippen molar-refractivity contribution < 1.29 is 14.4 Å². The van der Waals surface area contributed by atoms with Gasteiger partial charge in [0.05, 0.1) is 5.56 Å². The molecule has 2 atom stereocenters. The van der Waals surface area contributed by atoms with E-state index in [4.69, 9.17) is 0 Å². The molecule has 0 aliphatic carbocycles.